The van der Waals surface area contributed by atoms with Crippen LogP contribution in [-0.4, -0.2) is 28.9 Å². The number of hydrogen-bond acceptors (Lipinski definition) is 3. The van der Waals surface area contributed by atoms with Crippen LogP contribution in [0.5, 0.6) is 0 Å². The zero-order chi connectivity index (χ0) is 13.8. The van der Waals surface area contributed by atoms with Gasteiger partial charge in [0.2, 0.25) is 5.91 Å². The molecule has 1 aromatic rings. The molecule has 1 aliphatic carbocycles. The van der Waals surface area contributed by atoms with E-state index in [2.05, 4.69) is 5.32 Å². The van der Waals surface area contributed by atoms with Crippen molar-refractivity contribution in [1.82, 2.24) is 5.32 Å². The van der Waals surface area contributed by atoms with Gasteiger partial charge in [0.25, 0.3) is 0 Å². The molecule has 4 heteroatoms. The molecule has 1 aromatic carbocycles. The van der Waals surface area contributed by atoms with Gasteiger partial charge in [0.05, 0.1) is 18.1 Å². The molecular formula is C15H19NO3. The number of aliphatic hydroxyl groups excluding tert-OH is 1. The summed E-state index contributed by atoms with van der Waals surface area (Å²) < 4.78 is 0. The van der Waals surface area contributed by atoms with E-state index in [1.165, 1.54) is 0 Å². The molecule has 0 aromatic heterocycles. The second-order valence-electron chi connectivity index (χ2n) is 5.20. The zero-order valence-electron chi connectivity index (χ0n) is 11.0. The van der Waals surface area contributed by atoms with E-state index in [0.29, 0.717) is 19.3 Å². The summed E-state index contributed by atoms with van der Waals surface area (Å²) in [4.78, 5) is 22.6. The van der Waals surface area contributed by atoms with Crippen molar-refractivity contribution in [3.63, 3.8) is 0 Å². The Kier molecular flexibility index (Phi) is 4.32. The van der Waals surface area contributed by atoms with Crippen molar-refractivity contribution in [2.24, 2.45) is 5.92 Å². The molecule has 2 rings (SSSR count). The first-order chi connectivity index (χ1) is 9.06. The van der Waals surface area contributed by atoms with Gasteiger partial charge in [-0.1, -0.05) is 30.3 Å². The fourth-order valence-electron chi connectivity index (χ4n) is 2.15. The first kappa shape index (κ1) is 13.7. The number of benzene rings is 1. The van der Waals surface area contributed by atoms with Gasteiger partial charge < -0.3 is 10.4 Å². The molecule has 0 bridgehead atoms. The van der Waals surface area contributed by atoms with Gasteiger partial charge in [-0.25, -0.2) is 0 Å². The summed E-state index contributed by atoms with van der Waals surface area (Å²) in [6.45, 7) is 1.78. The van der Waals surface area contributed by atoms with Crippen LogP contribution >= 0.6 is 0 Å². The summed E-state index contributed by atoms with van der Waals surface area (Å²) in [6.07, 6.45) is 0.564. The number of ketones is 1. The van der Waals surface area contributed by atoms with E-state index in [1.807, 2.05) is 30.3 Å². The van der Waals surface area contributed by atoms with E-state index < -0.39 is 6.10 Å². The highest BCUT2D eigenvalue weighted by Gasteiger charge is 2.33. The second kappa shape index (κ2) is 5.97. The number of hydrogen-bond donors (Lipinski definition) is 2. The van der Waals surface area contributed by atoms with Crippen LogP contribution in [0.15, 0.2) is 30.3 Å². The lowest BCUT2D eigenvalue weighted by atomic mass is 9.83. The maximum absolute atomic E-state index is 11.8. The van der Waals surface area contributed by atoms with E-state index in [0.717, 1.165) is 5.56 Å². The molecule has 2 unspecified atom stereocenters. The van der Waals surface area contributed by atoms with Crippen molar-refractivity contribution in [3.8, 4) is 0 Å². The van der Waals surface area contributed by atoms with Crippen molar-refractivity contribution in [1.29, 1.82) is 0 Å². The Bertz CT molecular complexity index is 450. The lowest BCUT2D eigenvalue weighted by Gasteiger charge is -2.27. The largest absolute Gasteiger partial charge is 0.391 e. The zero-order valence-corrected chi connectivity index (χ0v) is 11.0. The standard InChI is InChI=1S/C15H19NO3/c1-10(16-15(19)12-8-13(17)9-12)14(18)7-11-5-3-2-4-6-11/h2-6,10,12,14,18H,7-9H2,1H3,(H,16,19). The third-order valence-corrected chi connectivity index (χ3v) is 3.55. The fourth-order valence-corrected chi connectivity index (χ4v) is 2.15. The van der Waals surface area contributed by atoms with Crippen LogP contribution in [-0.2, 0) is 16.0 Å². The van der Waals surface area contributed by atoms with Crippen LogP contribution in [0.4, 0.5) is 0 Å². The van der Waals surface area contributed by atoms with E-state index >= 15 is 0 Å². The molecule has 2 atom stereocenters. The van der Waals surface area contributed by atoms with Crippen LogP contribution in [0.1, 0.15) is 25.3 Å². The number of amides is 1. The Balaban J connectivity index is 1.80. The Hall–Kier alpha value is -1.68. The molecule has 102 valence electrons. The summed E-state index contributed by atoms with van der Waals surface area (Å²) in [5, 5.41) is 12.8. The predicted molar refractivity (Wildman–Crippen MR) is 71.5 cm³/mol. The first-order valence-electron chi connectivity index (χ1n) is 6.60. The van der Waals surface area contributed by atoms with Gasteiger partial charge in [0.1, 0.15) is 5.78 Å². The Labute approximate surface area is 112 Å². The summed E-state index contributed by atoms with van der Waals surface area (Å²) >= 11 is 0. The summed E-state index contributed by atoms with van der Waals surface area (Å²) in [5.74, 6) is -0.185. The van der Waals surface area contributed by atoms with Crippen LogP contribution in [0.2, 0.25) is 0 Å². The lowest BCUT2D eigenvalue weighted by molar-refractivity contribution is -0.138. The van der Waals surface area contributed by atoms with Crippen molar-refractivity contribution in [2.45, 2.75) is 38.3 Å². The van der Waals surface area contributed by atoms with E-state index in [9.17, 15) is 14.7 Å². The molecule has 0 heterocycles. The highest BCUT2D eigenvalue weighted by molar-refractivity contribution is 5.96. The van der Waals surface area contributed by atoms with Gasteiger partial charge in [-0.15, -0.1) is 0 Å². The first-order valence-corrected chi connectivity index (χ1v) is 6.60. The molecule has 2 N–H and O–H groups in total. The second-order valence-corrected chi connectivity index (χ2v) is 5.20. The predicted octanol–water partition coefficient (Wildman–Crippen LogP) is 1.07. The van der Waals surface area contributed by atoms with Crippen LogP contribution in [0.3, 0.4) is 0 Å². The van der Waals surface area contributed by atoms with Crippen LogP contribution < -0.4 is 5.32 Å². The van der Waals surface area contributed by atoms with Gasteiger partial charge in [-0.05, 0) is 12.5 Å². The number of rotatable bonds is 5. The van der Waals surface area contributed by atoms with Gasteiger partial charge >= 0.3 is 0 Å². The quantitative estimate of drug-likeness (QED) is 0.833. The molecule has 0 saturated heterocycles. The van der Waals surface area contributed by atoms with Crippen molar-refractivity contribution < 1.29 is 14.7 Å². The Morgan fingerprint density at radius 1 is 1.37 bits per heavy atom. The molecule has 0 radical (unpaired) electrons. The smallest absolute Gasteiger partial charge is 0.224 e. The Morgan fingerprint density at radius 2 is 2.00 bits per heavy atom. The fraction of sp³-hybridized carbons (Fsp3) is 0.467. The molecule has 4 nitrogen and oxygen atoms in total. The maximum Gasteiger partial charge on any atom is 0.224 e. The minimum atomic E-state index is -0.623. The molecule has 1 amide bonds. The molecule has 19 heavy (non-hydrogen) atoms. The number of aliphatic hydroxyl groups is 1. The molecular weight excluding hydrogens is 242 g/mol. The number of carbonyl (C=O) groups excluding carboxylic acids is 2. The number of carbonyl (C=O) groups is 2. The molecule has 0 aliphatic heterocycles. The highest BCUT2D eigenvalue weighted by Crippen LogP contribution is 2.22. The van der Waals surface area contributed by atoms with Crippen molar-refractivity contribution in [2.75, 3.05) is 0 Å². The van der Waals surface area contributed by atoms with Gasteiger partial charge in [0.15, 0.2) is 0 Å². The molecule has 0 spiro atoms. The highest BCUT2D eigenvalue weighted by atomic mass is 16.3. The van der Waals surface area contributed by atoms with Gasteiger partial charge in [-0.3, -0.25) is 9.59 Å². The van der Waals surface area contributed by atoms with Gasteiger partial charge in [-0.2, -0.15) is 0 Å². The van der Waals surface area contributed by atoms with Gasteiger partial charge in [0, 0.05) is 19.3 Å². The maximum atomic E-state index is 11.8. The normalized spacial score (nSPS) is 18.5. The number of Topliss-reactive ketones (excluding diaryl/α,β-unsaturated/α-hetero) is 1. The van der Waals surface area contributed by atoms with Crippen molar-refractivity contribution >= 4 is 11.7 Å². The summed E-state index contributed by atoms with van der Waals surface area (Å²) in [7, 11) is 0. The van der Waals surface area contributed by atoms with Crippen molar-refractivity contribution in [3.05, 3.63) is 35.9 Å². The minimum absolute atomic E-state index is 0.126. The SMILES string of the molecule is CC(NC(=O)C1CC(=O)C1)C(O)Cc1ccccc1. The summed E-state index contributed by atoms with van der Waals surface area (Å²) in [5.41, 5.74) is 1.04. The number of nitrogens with one attached hydrogen (secondary N) is 1. The van der Waals surface area contributed by atoms with Crippen LogP contribution in [0.25, 0.3) is 0 Å². The van der Waals surface area contributed by atoms with E-state index in [-0.39, 0.29) is 23.7 Å². The molecule has 1 fully saturated rings. The third kappa shape index (κ3) is 3.64. The topological polar surface area (TPSA) is 66.4 Å². The van der Waals surface area contributed by atoms with E-state index in [1.54, 1.807) is 6.92 Å². The Morgan fingerprint density at radius 3 is 2.58 bits per heavy atom. The van der Waals surface area contributed by atoms with Crippen LogP contribution in [0, 0.1) is 5.92 Å². The molecule has 1 aliphatic rings. The molecule has 1 saturated carbocycles. The minimum Gasteiger partial charge on any atom is -0.391 e. The monoisotopic (exact) mass is 261 g/mol. The third-order valence-electron chi connectivity index (χ3n) is 3.55. The average molecular weight is 261 g/mol. The van der Waals surface area contributed by atoms with E-state index in [4.69, 9.17) is 0 Å². The summed E-state index contributed by atoms with van der Waals surface area (Å²) in [6, 6.07) is 9.35. The average Bonchev–Trinajstić information content (AvgIpc) is 2.36. The lowest BCUT2D eigenvalue weighted by Crippen LogP contribution is -2.47.